The molecule has 0 bridgehead atoms. The van der Waals surface area contributed by atoms with E-state index in [1.54, 1.807) is 51.1 Å². The van der Waals surface area contributed by atoms with Crippen molar-refractivity contribution >= 4 is 50.9 Å². The number of hydrogen-bond acceptors (Lipinski definition) is 7. The first-order valence-electron chi connectivity index (χ1n) is 11.2. The van der Waals surface area contributed by atoms with Gasteiger partial charge in [0.2, 0.25) is 0 Å². The maximum absolute atomic E-state index is 13.7. The summed E-state index contributed by atoms with van der Waals surface area (Å²) in [6, 6.07) is 9.75. The van der Waals surface area contributed by atoms with Gasteiger partial charge in [-0.25, -0.2) is 9.79 Å². The Kier molecular flexibility index (Phi) is 7.73. The van der Waals surface area contributed by atoms with Crippen LogP contribution in [0.25, 0.3) is 6.08 Å². The molecule has 0 spiro atoms. The van der Waals surface area contributed by atoms with Crippen molar-refractivity contribution in [3.05, 3.63) is 88.0 Å². The lowest BCUT2D eigenvalue weighted by Gasteiger charge is -2.25. The minimum Gasteiger partial charge on any atom is -0.506 e. The van der Waals surface area contributed by atoms with Crippen molar-refractivity contribution in [2.75, 3.05) is 6.61 Å². The average Bonchev–Trinajstić information content (AvgIpc) is 3.11. The van der Waals surface area contributed by atoms with Crippen LogP contribution in [0.2, 0.25) is 5.02 Å². The second-order valence-electron chi connectivity index (χ2n) is 8.36. The van der Waals surface area contributed by atoms with Gasteiger partial charge in [-0.2, -0.15) is 0 Å². The lowest BCUT2D eigenvalue weighted by Crippen LogP contribution is -2.40. The first kappa shape index (κ1) is 26.2. The van der Waals surface area contributed by atoms with Crippen molar-refractivity contribution in [2.24, 2.45) is 4.99 Å². The number of allylic oxidation sites excluding steroid dienone is 1. The quantitative estimate of drug-likeness (QED) is 0.420. The Hall–Kier alpha value is -2.88. The van der Waals surface area contributed by atoms with E-state index in [1.165, 1.54) is 15.9 Å². The summed E-state index contributed by atoms with van der Waals surface area (Å²) in [5, 5.41) is 10.6. The highest BCUT2D eigenvalue weighted by Crippen LogP contribution is 2.33. The van der Waals surface area contributed by atoms with E-state index >= 15 is 0 Å². The first-order chi connectivity index (χ1) is 17.1. The zero-order valence-corrected chi connectivity index (χ0v) is 23.2. The van der Waals surface area contributed by atoms with Crippen LogP contribution in [0.4, 0.5) is 0 Å². The van der Waals surface area contributed by atoms with Gasteiger partial charge in [0.1, 0.15) is 11.5 Å². The molecule has 2 heterocycles. The Morgan fingerprint density at radius 1 is 1.31 bits per heavy atom. The topological polar surface area (TPSA) is 90.1 Å². The van der Waals surface area contributed by atoms with E-state index in [0.717, 1.165) is 0 Å². The monoisotopic (exact) mass is 590 g/mol. The summed E-state index contributed by atoms with van der Waals surface area (Å²) in [7, 11) is 0. The van der Waals surface area contributed by atoms with Gasteiger partial charge in [-0.3, -0.25) is 9.36 Å². The van der Waals surface area contributed by atoms with Crippen LogP contribution in [0.5, 0.6) is 11.5 Å². The molecule has 36 heavy (non-hydrogen) atoms. The second-order valence-corrected chi connectivity index (χ2v) is 10.7. The van der Waals surface area contributed by atoms with Crippen LogP contribution in [-0.2, 0) is 9.53 Å². The van der Waals surface area contributed by atoms with Crippen molar-refractivity contribution in [3.8, 4) is 11.5 Å². The summed E-state index contributed by atoms with van der Waals surface area (Å²) in [5.41, 5.74) is 1.51. The fourth-order valence-corrected chi connectivity index (χ4v) is 5.80. The van der Waals surface area contributed by atoms with Crippen LogP contribution in [0.1, 0.15) is 44.9 Å². The summed E-state index contributed by atoms with van der Waals surface area (Å²) in [6.45, 7) is 7.69. The molecule has 1 aliphatic heterocycles. The van der Waals surface area contributed by atoms with Crippen LogP contribution in [0.3, 0.4) is 0 Å². The van der Waals surface area contributed by atoms with Crippen LogP contribution in [-0.4, -0.2) is 28.4 Å². The number of halogens is 2. The van der Waals surface area contributed by atoms with Crippen LogP contribution in [0.15, 0.2) is 61.9 Å². The average molecular weight is 592 g/mol. The Bertz CT molecular complexity index is 1540. The molecule has 7 nitrogen and oxygen atoms in total. The molecular weight excluding hydrogens is 568 g/mol. The Morgan fingerprint density at radius 2 is 2.00 bits per heavy atom. The maximum atomic E-state index is 13.7. The number of esters is 1. The SMILES string of the molecule is CCOc1ccc([C@@H]2C(C(=O)OC(C)C)=C(C)N=c3s/c(=C/c4cc(Br)cc(Cl)c4O)c(=O)n32)cc1. The molecule has 3 aromatic rings. The molecule has 1 N–H and O–H groups in total. The molecule has 188 valence electrons. The van der Waals surface area contributed by atoms with Gasteiger partial charge in [-0.05, 0) is 63.6 Å². The molecule has 0 amide bonds. The van der Waals surface area contributed by atoms with Gasteiger partial charge in [-0.15, -0.1) is 0 Å². The van der Waals surface area contributed by atoms with E-state index in [-0.39, 0.29) is 22.4 Å². The summed E-state index contributed by atoms with van der Waals surface area (Å²) in [5.74, 6) is 0.0182. The number of hydrogen-bond donors (Lipinski definition) is 1. The lowest BCUT2D eigenvalue weighted by molar-refractivity contribution is -0.143. The van der Waals surface area contributed by atoms with E-state index in [9.17, 15) is 14.7 Å². The van der Waals surface area contributed by atoms with Gasteiger partial charge >= 0.3 is 5.97 Å². The third-order valence-corrected chi connectivity index (χ3v) is 7.16. The minimum atomic E-state index is -0.745. The highest BCUT2D eigenvalue weighted by atomic mass is 79.9. The number of phenolic OH excluding ortho intramolecular Hbond substituents is 1. The van der Waals surface area contributed by atoms with Crippen molar-refractivity contribution in [2.45, 2.75) is 39.8 Å². The molecule has 0 unspecified atom stereocenters. The van der Waals surface area contributed by atoms with Gasteiger partial charge in [-0.1, -0.05) is 51.0 Å². The fourth-order valence-electron chi connectivity index (χ4n) is 3.93. The third kappa shape index (κ3) is 5.14. The number of nitrogens with zero attached hydrogens (tertiary/aromatic N) is 2. The summed E-state index contributed by atoms with van der Waals surface area (Å²) >= 11 is 10.6. The zero-order chi connectivity index (χ0) is 26.1. The Morgan fingerprint density at radius 3 is 2.64 bits per heavy atom. The van der Waals surface area contributed by atoms with Gasteiger partial charge in [0.15, 0.2) is 4.80 Å². The van der Waals surface area contributed by atoms with Crippen LogP contribution >= 0.6 is 38.9 Å². The number of ether oxygens (including phenoxy) is 2. The molecule has 1 atom stereocenters. The van der Waals surface area contributed by atoms with Gasteiger partial charge < -0.3 is 14.6 Å². The second kappa shape index (κ2) is 10.6. The third-order valence-electron chi connectivity index (χ3n) is 5.44. The molecule has 0 aliphatic carbocycles. The van der Waals surface area contributed by atoms with Crippen molar-refractivity contribution < 1.29 is 19.4 Å². The molecule has 1 aromatic heterocycles. The number of fused-ring (bicyclic) bond motifs is 1. The fraction of sp³-hybridized carbons (Fsp3) is 0.269. The van der Waals surface area contributed by atoms with Crippen LogP contribution in [0, 0.1) is 0 Å². The molecule has 0 radical (unpaired) electrons. The number of benzene rings is 2. The summed E-state index contributed by atoms with van der Waals surface area (Å²) in [4.78, 5) is 31.9. The van der Waals surface area contributed by atoms with E-state index < -0.39 is 12.0 Å². The van der Waals surface area contributed by atoms with Gasteiger partial charge in [0.25, 0.3) is 5.56 Å². The largest absolute Gasteiger partial charge is 0.506 e. The number of carbonyl (C=O) groups excluding carboxylic acids is 1. The number of carbonyl (C=O) groups is 1. The summed E-state index contributed by atoms with van der Waals surface area (Å²) < 4.78 is 13.6. The van der Waals surface area contributed by atoms with Crippen molar-refractivity contribution in [3.63, 3.8) is 0 Å². The first-order valence-corrected chi connectivity index (χ1v) is 13.2. The number of aromatic hydroxyl groups is 1. The number of phenols is 1. The van der Waals surface area contributed by atoms with Crippen molar-refractivity contribution in [1.29, 1.82) is 0 Å². The molecule has 4 rings (SSSR count). The number of thiazole rings is 1. The standard InChI is InChI=1S/C26H24BrClN2O5S/c1-5-34-18-8-6-15(7-9-18)22-21(25(33)35-13(2)3)14(4)29-26-30(22)24(32)20(36-26)11-16-10-17(27)12-19(28)23(16)31/h6-13,22,31H,5H2,1-4H3/b20-11+/t22-/m1/s1. The predicted molar refractivity (Wildman–Crippen MR) is 143 cm³/mol. The van der Waals surface area contributed by atoms with Gasteiger partial charge in [0.05, 0.1) is 39.6 Å². The summed E-state index contributed by atoms with van der Waals surface area (Å²) in [6.07, 6.45) is 1.23. The molecule has 0 saturated heterocycles. The molecule has 0 fully saturated rings. The zero-order valence-electron chi connectivity index (χ0n) is 20.0. The smallest absolute Gasteiger partial charge is 0.338 e. The van der Waals surface area contributed by atoms with Crippen molar-refractivity contribution in [1.82, 2.24) is 4.57 Å². The number of aromatic nitrogens is 1. The molecule has 0 saturated carbocycles. The van der Waals surface area contributed by atoms with E-state index in [2.05, 4.69) is 20.9 Å². The maximum Gasteiger partial charge on any atom is 0.338 e. The normalized spacial score (nSPS) is 15.6. The van der Waals surface area contributed by atoms with Crippen LogP contribution < -0.4 is 19.6 Å². The highest BCUT2D eigenvalue weighted by Gasteiger charge is 2.33. The molecule has 1 aliphatic rings. The molecule has 2 aromatic carbocycles. The van der Waals surface area contributed by atoms with Gasteiger partial charge in [0, 0.05) is 10.0 Å². The highest BCUT2D eigenvalue weighted by molar-refractivity contribution is 9.10. The van der Waals surface area contributed by atoms with E-state index in [4.69, 9.17) is 21.1 Å². The van der Waals surface area contributed by atoms with E-state index in [1.807, 2.05) is 19.1 Å². The predicted octanol–water partition coefficient (Wildman–Crippen LogP) is 4.71. The molecule has 10 heteroatoms. The minimum absolute atomic E-state index is 0.133. The van der Waals surface area contributed by atoms with E-state index in [0.29, 0.717) is 48.6 Å². The Balaban J connectivity index is 1.94. The lowest BCUT2D eigenvalue weighted by atomic mass is 9.96. The Labute approximate surface area is 225 Å². The molecular formula is C26H24BrClN2O5S. The number of rotatable bonds is 6.